The summed E-state index contributed by atoms with van der Waals surface area (Å²) >= 11 is 6.94. The number of nitrogens with zero attached hydrogens (tertiary/aromatic N) is 1. The van der Waals surface area contributed by atoms with E-state index in [1.807, 2.05) is 18.2 Å². The molecular formula is C22H20ClNO6S. The molecule has 2 aromatic carbocycles. The van der Waals surface area contributed by atoms with Crippen molar-refractivity contribution < 1.29 is 28.6 Å². The van der Waals surface area contributed by atoms with Gasteiger partial charge in [-0.2, -0.15) is 0 Å². The minimum absolute atomic E-state index is 0.174. The van der Waals surface area contributed by atoms with Crippen LogP contribution in [-0.2, 0) is 20.9 Å². The highest BCUT2D eigenvalue weighted by Gasteiger charge is 2.36. The molecule has 1 aliphatic rings. The van der Waals surface area contributed by atoms with Crippen LogP contribution in [0.3, 0.4) is 0 Å². The van der Waals surface area contributed by atoms with Crippen molar-refractivity contribution in [3.63, 3.8) is 0 Å². The first kappa shape index (κ1) is 22.7. The summed E-state index contributed by atoms with van der Waals surface area (Å²) in [6, 6.07) is 12.5. The van der Waals surface area contributed by atoms with E-state index in [1.165, 1.54) is 7.11 Å². The normalized spacial score (nSPS) is 14.8. The van der Waals surface area contributed by atoms with Crippen molar-refractivity contribution in [1.29, 1.82) is 0 Å². The molecule has 0 spiro atoms. The zero-order chi connectivity index (χ0) is 22.4. The van der Waals surface area contributed by atoms with E-state index < -0.39 is 23.7 Å². The number of carbonyl (C=O) groups excluding carboxylic acids is 3. The van der Waals surface area contributed by atoms with Gasteiger partial charge < -0.3 is 14.2 Å². The second kappa shape index (κ2) is 10.4. The fourth-order valence-corrected chi connectivity index (χ4v) is 3.82. The zero-order valence-corrected chi connectivity index (χ0v) is 18.5. The van der Waals surface area contributed by atoms with Crippen molar-refractivity contribution in [3.05, 3.63) is 63.5 Å². The van der Waals surface area contributed by atoms with E-state index in [9.17, 15) is 14.4 Å². The summed E-state index contributed by atoms with van der Waals surface area (Å²) < 4.78 is 16.0. The first-order valence-corrected chi connectivity index (χ1v) is 10.6. The molecule has 1 saturated heterocycles. The van der Waals surface area contributed by atoms with Crippen LogP contribution in [0, 0.1) is 0 Å². The van der Waals surface area contributed by atoms with Gasteiger partial charge in [0, 0.05) is 10.6 Å². The third-order valence-corrected chi connectivity index (χ3v) is 5.57. The van der Waals surface area contributed by atoms with Gasteiger partial charge in [-0.3, -0.25) is 19.3 Å². The maximum atomic E-state index is 12.6. The van der Waals surface area contributed by atoms with Crippen LogP contribution >= 0.6 is 23.4 Å². The van der Waals surface area contributed by atoms with Gasteiger partial charge in [0.05, 0.1) is 18.6 Å². The first-order chi connectivity index (χ1) is 14.9. The Morgan fingerprint density at radius 2 is 1.94 bits per heavy atom. The van der Waals surface area contributed by atoms with Crippen molar-refractivity contribution in [2.45, 2.75) is 13.5 Å². The summed E-state index contributed by atoms with van der Waals surface area (Å²) in [7, 11) is 1.53. The molecule has 0 aromatic heterocycles. The molecule has 31 heavy (non-hydrogen) atoms. The van der Waals surface area contributed by atoms with Crippen LogP contribution in [0.5, 0.6) is 11.5 Å². The smallest absolute Gasteiger partial charge is 0.326 e. The highest BCUT2D eigenvalue weighted by Crippen LogP contribution is 2.35. The molecule has 9 heteroatoms. The number of amides is 2. The third-order valence-electron chi connectivity index (χ3n) is 4.29. The number of methoxy groups -OCH3 is 1. The molecule has 1 aliphatic heterocycles. The number of rotatable bonds is 8. The van der Waals surface area contributed by atoms with E-state index >= 15 is 0 Å². The van der Waals surface area contributed by atoms with Crippen molar-refractivity contribution in [2.24, 2.45) is 0 Å². The maximum Gasteiger partial charge on any atom is 0.326 e. The van der Waals surface area contributed by atoms with E-state index in [0.717, 1.165) is 22.2 Å². The van der Waals surface area contributed by atoms with Crippen molar-refractivity contribution in [1.82, 2.24) is 4.90 Å². The Morgan fingerprint density at radius 3 is 2.65 bits per heavy atom. The summed E-state index contributed by atoms with van der Waals surface area (Å²) in [5.41, 5.74) is 1.45. The standard InChI is InChI=1S/C22H20ClNO6S/c1-3-29-20(25)12-24-21(26)19(31-22(24)27)11-14-8-9-17(28-2)18(10-14)30-13-15-6-4-5-7-16(15)23/h4-11H,3,12-13H2,1-2H3/b19-11-. The Morgan fingerprint density at radius 1 is 1.16 bits per heavy atom. The van der Waals surface area contributed by atoms with Gasteiger partial charge in [0.25, 0.3) is 11.1 Å². The maximum absolute atomic E-state index is 12.6. The Labute approximate surface area is 188 Å². The highest BCUT2D eigenvalue weighted by atomic mass is 35.5. The minimum Gasteiger partial charge on any atom is -0.493 e. The Bertz CT molecular complexity index is 1040. The van der Waals surface area contributed by atoms with Gasteiger partial charge in [-0.25, -0.2) is 0 Å². The van der Waals surface area contributed by atoms with Crippen molar-refractivity contribution >= 4 is 46.6 Å². The van der Waals surface area contributed by atoms with Crippen LogP contribution in [0.2, 0.25) is 5.02 Å². The monoisotopic (exact) mass is 461 g/mol. The van der Waals surface area contributed by atoms with E-state index in [0.29, 0.717) is 22.1 Å². The van der Waals surface area contributed by atoms with E-state index in [-0.39, 0.29) is 18.1 Å². The number of imide groups is 1. The van der Waals surface area contributed by atoms with Crippen molar-refractivity contribution in [2.75, 3.05) is 20.3 Å². The number of hydrogen-bond acceptors (Lipinski definition) is 7. The fourth-order valence-electron chi connectivity index (χ4n) is 2.79. The Kier molecular flexibility index (Phi) is 7.59. The number of ether oxygens (including phenoxy) is 3. The lowest BCUT2D eigenvalue weighted by Crippen LogP contribution is -2.34. The topological polar surface area (TPSA) is 82.1 Å². The van der Waals surface area contributed by atoms with Gasteiger partial charge in [0.15, 0.2) is 11.5 Å². The fraction of sp³-hybridized carbons (Fsp3) is 0.227. The van der Waals surface area contributed by atoms with Gasteiger partial charge in [0.1, 0.15) is 13.2 Å². The van der Waals surface area contributed by atoms with Gasteiger partial charge in [-0.05, 0) is 48.5 Å². The zero-order valence-electron chi connectivity index (χ0n) is 16.9. The van der Waals surface area contributed by atoms with Crippen LogP contribution < -0.4 is 9.47 Å². The van der Waals surface area contributed by atoms with Crippen molar-refractivity contribution in [3.8, 4) is 11.5 Å². The highest BCUT2D eigenvalue weighted by molar-refractivity contribution is 8.18. The number of carbonyl (C=O) groups is 3. The summed E-state index contributed by atoms with van der Waals surface area (Å²) in [6.45, 7) is 1.65. The molecule has 0 aliphatic carbocycles. The van der Waals surface area contributed by atoms with Crippen LogP contribution in [0.25, 0.3) is 6.08 Å². The van der Waals surface area contributed by atoms with Crippen LogP contribution in [0.1, 0.15) is 18.1 Å². The molecule has 3 rings (SSSR count). The van der Waals surface area contributed by atoms with Gasteiger partial charge in [0.2, 0.25) is 0 Å². The number of benzene rings is 2. The van der Waals surface area contributed by atoms with Crippen LogP contribution in [-0.4, -0.2) is 42.3 Å². The molecule has 1 heterocycles. The van der Waals surface area contributed by atoms with E-state index in [4.69, 9.17) is 25.8 Å². The second-order valence-electron chi connectivity index (χ2n) is 6.36. The molecule has 7 nitrogen and oxygen atoms in total. The molecule has 0 atom stereocenters. The van der Waals surface area contributed by atoms with Gasteiger partial charge in [-0.15, -0.1) is 0 Å². The molecule has 0 N–H and O–H groups in total. The molecule has 2 aromatic rings. The number of esters is 1. The Hall–Kier alpha value is -2.97. The van der Waals surface area contributed by atoms with Gasteiger partial charge >= 0.3 is 5.97 Å². The van der Waals surface area contributed by atoms with Crippen LogP contribution in [0.15, 0.2) is 47.4 Å². The van der Waals surface area contributed by atoms with Gasteiger partial charge in [-0.1, -0.05) is 35.9 Å². The predicted octanol–water partition coefficient (Wildman–Crippen LogP) is 4.53. The average Bonchev–Trinajstić information content (AvgIpc) is 3.01. The lowest BCUT2D eigenvalue weighted by Gasteiger charge is -2.12. The quantitative estimate of drug-likeness (QED) is 0.422. The molecule has 2 amide bonds. The molecule has 0 saturated carbocycles. The Balaban J connectivity index is 1.78. The molecule has 162 valence electrons. The number of halogens is 1. The summed E-state index contributed by atoms with van der Waals surface area (Å²) in [6.07, 6.45) is 1.57. The predicted molar refractivity (Wildman–Crippen MR) is 118 cm³/mol. The summed E-state index contributed by atoms with van der Waals surface area (Å²) in [5, 5.41) is 0.0703. The summed E-state index contributed by atoms with van der Waals surface area (Å²) in [4.78, 5) is 37.4. The molecule has 0 radical (unpaired) electrons. The molecule has 0 bridgehead atoms. The summed E-state index contributed by atoms with van der Waals surface area (Å²) in [5.74, 6) is -0.204. The SMILES string of the molecule is CCOC(=O)CN1C(=O)S/C(=C\c2ccc(OC)c(OCc3ccccc3Cl)c2)C1=O. The van der Waals surface area contributed by atoms with E-state index in [1.54, 1.807) is 37.3 Å². The largest absolute Gasteiger partial charge is 0.493 e. The molecule has 0 unspecified atom stereocenters. The third kappa shape index (κ3) is 5.59. The second-order valence-corrected chi connectivity index (χ2v) is 7.76. The lowest BCUT2D eigenvalue weighted by molar-refractivity contribution is -0.145. The molecular weight excluding hydrogens is 442 g/mol. The molecule has 1 fully saturated rings. The first-order valence-electron chi connectivity index (χ1n) is 9.38. The minimum atomic E-state index is -0.634. The number of thioether (sulfide) groups is 1. The van der Waals surface area contributed by atoms with Crippen LogP contribution in [0.4, 0.5) is 4.79 Å². The van der Waals surface area contributed by atoms with E-state index in [2.05, 4.69) is 0 Å². The average molecular weight is 462 g/mol. The lowest BCUT2D eigenvalue weighted by atomic mass is 10.1. The number of hydrogen-bond donors (Lipinski definition) is 0.